The zero-order valence-corrected chi connectivity index (χ0v) is 11.5. The number of hydrogen-bond acceptors (Lipinski definition) is 3. The van der Waals surface area contributed by atoms with Crippen molar-refractivity contribution in [1.82, 2.24) is 4.90 Å². The Kier molecular flexibility index (Phi) is 3.25. The molecule has 19 heavy (non-hydrogen) atoms. The summed E-state index contributed by atoms with van der Waals surface area (Å²) in [5.41, 5.74) is 2.30. The standard InChI is InChI=1S/C15H15NO2S/c1-11-6-15(19-9-11)14-8-16(10-17)7-12-4-2-3-5-13(12)18-14/h2-6,9-10,14H,7-8H2,1H3. The molecule has 2 heterocycles. The van der Waals surface area contributed by atoms with Gasteiger partial charge in [0.25, 0.3) is 0 Å². The van der Waals surface area contributed by atoms with Gasteiger partial charge in [0.1, 0.15) is 5.75 Å². The molecule has 0 bridgehead atoms. The van der Waals surface area contributed by atoms with Crippen LogP contribution in [0.1, 0.15) is 22.1 Å². The highest BCUT2D eigenvalue weighted by Crippen LogP contribution is 2.32. The molecule has 1 amide bonds. The predicted octanol–water partition coefficient (Wildman–Crippen LogP) is 3.15. The maximum Gasteiger partial charge on any atom is 0.210 e. The van der Waals surface area contributed by atoms with E-state index in [1.807, 2.05) is 24.3 Å². The van der Waals surface area contributed by atoms with Crippen LogP contribution >= 0.6 is 11.3 Å². The van der Waals surface area contributed by atoms with Gasteiger partial charge in [-0.3, -0.25) is 4.79 Å². The Morgan fingerprint density at radius 3 is 3.00 bits per heavy atom. The third-order valence-electron chi connectivity index (χ3n) is 3.23. The van der Waals surface area contributed by atoms with Crippen LogP contribution in [0.4, 0.5) is 0 Å². The minimum Gasteiger partial charge on any atom is -0.483 e. The van der Waals surface area contributed by atoms with E-state index in [9.17, 15) is 4.79 Å². The highest BCUT2D eigenvalue weighted by molar-refractivity contribution is 7.10. The van der Waals surface area contributed by atoms with Crippen molar-refractivity contribution < 1.29 is 9.53 Å². The number of para-hydroxylation sites is 1. The van der Waals surface area contributed by atoms with Crippen LogP contribution in [0.3, 0.4) is 0 Å². The smallest absolute Gasteiger partial charge is 0.210 e. The third kappa shape index (κ3) is 2.49. The number of carbonyl (C=O) groups excluding carboxylic acids is 1. The van der Waals surface area contributed by atoms with E-state index >= 15 is 0 Å². The van der Waals surface area contributed by atoms with Gasteiger partial charge in [-0.2, -0.15) is 0 Å². The molecule has 1 atom stereocenters. The maximum atomic E-state index is 11.2. The molecule has 0 saturated heterocycles. The Balaban J connectivity index is 1.96. The Morgan fingerprint density at radius 2 is 2.26 bits per heavy atom. The van der Waals surface area contributed by atoms with E-state index in [1.165, 1.54) is 10.4 Å². The molecule has 0 spiro atoms. The van der Waals surface area contributed by atoms with Crippen molar-refractivity contribution in [2.75, 3.05) is 6.54 Å². The number of benzene rings is 1. The minimum absolute atomic E-state index is 0.0763. The van der Waals surface area contributed by atoms with Gasteiger partial charge in [0.05, 0.1) is 6.54 Å². The van der Waals surface area contributed by atoms with Crippen molar-refractivity contribution in [1.29, 1.82) is 0 Å². The summed E-state index contributed by atoms with van der Waals surface area (Å²) in [7, 11) is 0. The van der Waals surface area contributed by atoms with Crippen LogP contribution in [0.5, 0.6) is 5.75 Å². The lowest BCUT2D eigenvalue weighted by Gasteiger charge is -2.19. The summed E-state index contributed by atoms with van der Waals surface area (Å²) in [6, 6.07) is 10.0. The monoisotopic (exact) mass is 273 g/mol. The molecular formula is C15H15NO2S. The average molecular weight is 273 g/mol. The lowest BCUT2D eigenvalue weighted by Crippen LogP contribution is -2.26. The van der Waals surface area contributed by atoms with E-state index in [1.54, 1.807) is 16.2 Å². The first kappa shape index (κ1) is 12.2. The first-order valence-corrected chi connectivity index (χ1v) is 7.13. The van der Waals surface area contributed by atoms with Crippen LogP contribution in [0.25, 0.3) is 0 Å². The van der Waals surface area contributed by atoms with Crippen LogP contribution in [-0.2, 0) is 11.3 Å². The maximum absolute atomic E-state index is 11.2. The molecule has 0 radical (unpaired) electrons. The van der Waals surface area contributed by atoms with Gasteiger partial charge in [0.2, 0.25) is 6.41 Å². The molecule has 1 aromatic carbocycles. The van der Waals surface area contributed by atoms with Crippen LogP contribution in [0.2, 0.25) is 0 Å². The van der Waals surface area contributed by atoms with Crippen molar-refractivity contribution in [3.05, 3.63) is 51.7 Å². The number of nitrogens with zero attached hydrogens (tertiary/aromatic N) is 1. The number of carbonyl (C=O) groups is 1. The summed E-state index contributed by atoms with van der Waals surface area (Å²) in [6.45, 7) is 3.28. The molecule has 4 heteroatoms. The largest absolute Gasteiger partial charge is 0.483 e. The molecule has 3 rings (SSSR count). The number of hydrogen-bond donors (Lipinski definition) is 0. The Bertz CT molecular complexity index is 593. The van der Waals surface area contributed by atoms with Crippen molar-refractivity contribution in [3.8, 4) is 5.75 Å². The first-order chi connectivity index (χ1) is 9.26. The molecule has 98 valence electrons. The fourth-order valence-electron chi connectivity index (χ4n) is 2.29. The van der Waals surface area contributed by atoms with Crippen LogP contribution < -0.4 is 4.74 Å². The van der Waals surface area contributed by atoms with Crippen LogP contribution in [0, 0.1) is 6.92 Å². The summed E-state index contributed by atoms with van der Waals surface area (Å²) in [5.74, 6) is 0.878. The second-order valence-corrected chi connectivity index (χ2v) is 5.72. The summed E-state index contributed by atoms with van der Waals surface area (Å²) in [4.78, 5) is 14.1. The van der Waals surface area contributed by atoms with Crippen molar-refractivity contribution >= 4 is 17.7 Å². The number of fused-ring (bicyclic) bond motifs is 1. The Labute approximate surface area is 116 Å². The van der Waals surface area contributed by atoms with E-state index in [4.69, 9.17) is 4.74 Å². The van der Waals surface area contributed by atoms with Gasteiger partial charge in [-0.25, -0.2) is 0 Å². The molecule has 1 unspecified atom stereocenters. The van der Waals surface area contributed by atoms with Gasteiger partial charge >= 0.3 is 0 Å². The number of ether oxygens (including phenoxy) is 1. The molecule has 0 fully saturated rings. The summed E-state index contributed by atoms with van der Waals surface area (Å²) >= 11 is 1.68. The number of amides is 1. The molecule has 0 N–H and O–H groups in total. The minimum atomic E-state index is -0.0763. The first-order valence-electron chi connectivity index (χ1n) is 6.25. The lowest BCUT2D eigenvalue weighted by molar-refractivity contribution is -0.119. The normalized spacial score (nSPS) is 18.4. The van der Waals surface area contributed by atoms with Crippen molar-refractivity contribution in [3.63, 3.8) is 0 Å². The summed E-state index contributed by atoms with van der Waals surface area (Å²) < 4.78 is 6.10. The quantitative estimate of drug-likeness (QED) is 0.787. The van der Waals surface area contributed by atoms with E-state index in [-0.39, 0.29) is 6.10 Å². The van der Waals surface area contributed by atoms with Gasteiger partial charge in [-0.1, -0.05) is 18.2 Å². The molecule has 3 nitrogen and oxygen atoms in total. The molecular weight excluding hydrogens is 258 g/mol. The average Bonchev–Trinajstić information content (AvgIpc) is 2.75. The van der Waals surface area contributed by atoms with Gasteiger partial charge in [0.15, 0.2) is 6.10 Å². The highest BCUT2D eigenvalue weighted by Gasteiger charge is 2.24. The number of rotatable bonds is 2. The van der Waals surface area contributed by atoms with E-state index in [2.05, 4.69) is 18.4 Å². The summed E-state index contributed by atoms with van der Waals surface area (Å²) in [5, 5.41) is 2.11. The molecule has 0 aliphatic carbocycles. The SMILES string of the molecule is Cc1csc(C2CN(C=O)Cc3ccccc3O2)c1. The lowest BCUT2D eigenvalue weighted by atomic mass is 10.2. The Morgan fingerprint density at radius 1 is 1.42 bits per heavy atom. The molecule has 1 aliphatic heterocycles. The van der Waals surface area contributed by atoms with Gasteiger partial charge in [0, 0.05) is 17.0 Å². The van der Waals surface area contributed by atoms with Crippen molar-refractivity contribution in [2.45, 2.75) is 19.6 Å². The second-order valence-electron chi connectivity index (χ2n) is 4.78. The molecule has 2 aromatic rings. The van der Waals surface area contributed by atoms with Crippen LogP contribution in [0.15, 0.2) is 35.7 Å². The summed E-state index contributed by atoms with van der Waals surface area (Å²) in [6.07, 6.45) is 0.825. The zero-order chi connectivity index (χ0) is 13.2. The number of thiophene rings is 1. The molecule has 1 aliphatic rings. The molecule has 0 saturated carbocycles. The predicted molar refractivity (Wildman–Crippen MR) is 75.3 cm³/mol. The second kappa shape index (κ2) is 5.05. The van der Waals surface area contributed by atoms with E-state index in [0.29, 0.717) is 13.1 Å². The topological polar surface area (TPSA) is 29.5 Å². The van der Waals surface area contributed by atoms with Gasteiger partial charge in [-0.05, 0) is 30.0 Å². The third-order valence-corrected chi connectivity index (χ3v) is 4.38. The fraction of sp³-hybridized carbons (Fsp3) is 0.267. The van der Waals surface area contributed by atoms with Gasteiger partial charge < -0.3 is 9.64 Å². The molecule has 1 aromatic heterocycles. The number of aryl methyl sites for hydroxylation is 1. The highest BCUT2D eigenvalue weighted by atomic mass is 32.1. The Hall–Kier alpha value is -1.81. The van der Waals surface area contributed by atoms with E-state index < -0.39 is 0 Å². The zero-order valence-electron chi connectivity index (χ0n) is 10.7. The fourth-order valence-corrected chi connectivity index (χ4v) is 3.21. The van der Waals surface area contributed by atoms with Gasteiger partial charge in [-0.15, -0.1) is 11.3 Å². The van der Waals surface area contributed by atoms with Crippen LogP contribution in [-0.4, -0.2) is 17.9 Å². The van der Waals surface area contributed by atoms with E-state index in [0.717, 1.165) is 17.7 Å². The van der Waals surface area contributed by atoms with Crippen molar-refractivity contribution in [2.24, 2.45) is 0 Å².